The number of nitrogens with zero attached hydrogens (tertiary/aromatic N) is 2. The van der Waals surface area contributed by atoms with Gasteiger partial charge in [-0.25, -0.2) is 8.42 Å². The highest BCUT2D eigenvalue weighted by Crippen LogP contribution is 2.31. The predicted octanol–water partition coefficient (Wildman–Crippen LogP) is 5.49. The summed E-state index contributed by atoms with van der Waals surface area (Å²) in [6.45, 7) is 10.3. The van der Waals surface area contributed by atoms with Crippen LogP contribution in [0.25, 0.3) is 0 Å². The van der Waals surface area contributed by atoms with Gasteiger partial charge in [-0.15, -0.1) is 0 Å². The molecule has 3 aromatic carbocycles. The molecule has 0 spiro atoms. The maximum atomic E-state index is 14.1. The fourth-order valence-corrected chi connectivity index (χ4v) is 5.84. The molecule has 2 amide bonds. The van der Waals surface area contributed by atoms with E-state index in [0.29, 0.717) is 16.3 Å². The molecule has 8 nitrogen and oxygen atoms in total. The Morgan fingerprint density at radius 2 is 1.59 bits per heavy atom. The second kappa shape index (κ2) is 13.0. The first-order chi connectivity index (χ1) is 19.1. The minimum absolute atomic E-state index is 0.0375. The van der Waals surface area contributed by atoms with E-state index in [2.05, 4.69) is 5.32 Å². The van der Waals surface area contributed by atoms with Crippen molar-refractivity contribution in [1.29, 1.82) is 0 Å². The molecule has 0 aliphatic heterocycles. The highest BCUT2D eigenvalue weighted by molar-refractivity contribution is 7.92. The standard InChI is InChI=1S/C31H38ClN3O5S/c1-21-11-17-26(18-12-21)41(38,39)35(28-10-8-9-27(32)22(28)2)20-29(36)34(23(3)30(37)33-31(4,5)6)19-24-13-15-25(40-7)16-14-24/h8-18,23H,19-20H2,1-7H3,(H,33,37). The van der Waals surface area contributed by atoms with Crippen LogP contribution in [0.3, 0.4) is 0 Å². The highest BCUT2D eigenvalue weighted by atomic mass is 35.5. The first kappa shape index (κ1) is 32.0. The van der Waals surface area contributed by atoms with Gasteiger partial charge in [0.25, 0.3) is 10.0 Å². The fourth-order valence-electron chi connectivity index (χ4n) is 4.20. The highest BCUT2D eigenvalue weighted by Gasteiger charge is 2.34. The lowest BCUT2D eigenvalue weighted by Crippen LogP contribution is -2.54. The van der Waals surface area contributed by atoms with E-state index in [9.17, 15) is 18.0 Å². The number of hydrogen-bond acceptors (Lipinski definition) is 5. The largest absolute Gasteiger partial charge is 0.497 e. The van der Waals surface area contributed by atoms with E-state index in [0.717, 1.165) is 15.4 Å². The molecule has 1 unspecified atom stereocenters. The number of nitrogens with one attached hydrogen (secondary N) is 1. The third-order valence-electron chi connectivity index (χ3n) is 6.57. The number of carbonyl (C=O) groups is 2. The van der Waals surface area contributed by atoms with Crippen molar-refractivity contribution in [3.05, 3.63) is 88.4 Å². The zero-order chi connectivity index (χ0) is 30.5. The Morgan fingerprint density at radius 3 is 2.15 bits per heavy atom. The molecule has 3 aromatic rings. The van der Waals surface area contributed by atoms with Crippen molar-refractivity contribution >= 4 is 39.1 Å². The van der Waals surface area contributed by atoms with Crippen molar-refractivity contribution in [2.24, 2.45) is 0 Å². The molecule has 0 radical (unpaired) electrons. The molecule has 10 heteroatoms. The number of methoxy groups -OCH3 is 1. The molecule has 1 atom stereocenters. The van der Waals surface area contributed by atoms with Crippen molar-refractivity contribution in [1.82, 2.24) is 10.2 Å². The van der Waals surface area contributed by atoms with Gasteiger partial charge in [-0.1, -0.05) is 47.5 Å². The van der Waals surface area contributed by atoms with Crippen LogP contribution in [0.2, 0.25) is 5.02 Å². The number of halogens is 1. The van der Waals surface area contributed by atoms with E-state index >= 15 is 0 Å². The van der Waals surface area contributed by atoms with Crippen molar-refractivity contribution < 1.29 is 22.7 Å². The van der Waals surface area contributed by atoms with Gasteiger partial charge in [0, 0.05) is 17.1 Å². The van der Waals surface area contributed by atoms with Crippen molar-refractivity contribution in [3.63, 3.8) is 0 Å². The van der Waals surface area contributed by atoms with E-state index in [-0.39, 0.29) is 23.0 Å². The van der Waals surface area contributed by atoms with Gasteiger partial charge >= 0.3 is 0 Å². The summed E-state index contributed by atoms with van der Waals surface area (Å²) in [5, 5.41) is 3.29. The van der Waals surface area contributed by atoms with Crippen LogP contribution < -0.4 is 14.4 Å². The van der Waals surface area contributed by atoms with Crippen molar-refractivity contribution in [2.75, 3.05) is 18.0 Å². The van der Waals surface area contributed by atoms with Crippen LogP contribution in [0.5, 0.6) is 5.75 Å². The first-order valence-corrected chi connectivity index (χ1v) is 15.0. The van der Waals surface area contributed by atoms with Crippen LogP contribution >= 0.6 is 11.6 Å². The number of anilines is 1. The second-order valence-electron chi connectivity index (χ2n) is 11.0. The molecule has 0 saturated heterocycles. The SMILES string of the molecule is COc1ccc(CN(C(=O)CN(c2cccc(Cl)c2C)S(=O)(=O)c2ccc(C)cc2)C(C)C(=O)NC(C)(C)C)cc1. The Labute approximate surface area is 248 Å². The summed E-state index contributed by atoms with van der Waals surface area (Å²) in [5.74, 6) is -0.254. The Balaban J connectivity index is 2.07. The number of amides is 2. The van der Waals surface area contributed by atoms with E-state index in [1.165, 1.54) is 17.0 Å². The average molecular weight is 600 g/mol. The summed E-state index contributed by atoms with van der Waals surface area (Å²) in [5.41, 5.74) is 1.91. The molecule has 1 N–H and O–H groups in total. The van der Waals surface area contributed by atoms with Crippen LogP contribution in [0, 0.1) is 13.8 Å². The van der Waals surface area contributed by atoms with Gasteiger partial charge in [0.15, 0.2) is 0 Å². The van der Waals surface area contributed by atoms with Gasteiger partial charge in [0.05, 0.1) is 17.7 Å². The molecule has 0 aliphatic carbocycles. The third kappa shape index (κ3) is 8.01. The van der Waals surface area contributed by atoms with Gasteiger partial charge in [-0.3, -0.25) is 13.9 Å². The molecule has 220 valence electrons. The summed E-state index contributed by atoms with van der Waals surface area (Å²) in [4.78, 5) is 28.7. The van der Waals surface area contributed by atoms with Gasteiger partial charge in [0.2, 0.25) is 11.8 Å². The molecule has 0 heterocycles. The summed E-state index contributed by atoms with van der Waals surface area (Å²) in [6.07, 6.45) is 0. The fraction of sp³-hybridized carbons (Fsp3) is 0.355. The molecular weight excluding hydrogens is 562 g/mol. The Morgan fingerprint density at radius 1 is 0.976 bits per heavy atom. The van der Waals surface area contributed by atoms with E-state index < -0.39 is 34.1 Å². The zero-order valence-electron chi connectivity index (χ0n) is 24.6. The van der Waals surface area contributed by atoms with Gasteiger partial charge in [-0.2, -0.15) is 0 Å². The van der Waals surface area contributed by atoms with Crippen molar-refractivity contribution in [3.8, 4) is 5.75 Å². The number of aryl methyl sites for hydroxylation is 1. The smallest absolute Gasteiger partial charge is 0.264 e. The summed E-state index contributed by atoms with van der Waals surface area (Å²) in [6, 6.07) is 17.6. The van der Waals surface area contributed by atoms with E-state index in [4.69, 9.17) is 16.3 Å². The van der Waals surface area contributed by atoms with E-state index in [1.807, 2.05) is 27.7 Å². The molecule has 0 saturated carbocycles. The minimum Gasteiger partial charge on any atom is -0.497 e. The lowest BCUT2D eigenvalue weighted by molar-refractivity contribution is -0.140. The quantitative estimate of drug-likeness (QED) is 0.332. The normalized spacial score (nSPS) is 12.4. The predicted molar refractivity (Wildman–Crippen MR) is 163 cm³/mol. The first-order valence-electron chi connectivity index (χ1n) is 13.2. The molecule has 0 aromatic heterocycles. The molecule has 0 aliphatic rings. The van der Waals surface area contributed by atoms with Crippen LogP contribution in [-0.2, 0) is 26.2 Å². The topological polar surface area (TPSA) is 96.0 Å². The monoisotopic (exact) mass is 599 g/mol. The Hall–Kier alpha value is -3.56. The average Bonchev–Trinajstić information content (AvgIpc) is 2.91. The maximum Gasteiger partial charge on any atom is 0.264 e. The molecular formula is C31H38ClN3O5S. The van der Waals surface area contributed by atoms with Crippen molar-refractivity contribution in [2.45, 2.75) is 64.6 Å². The number of benzene rings is 3. The maximum absolute atomic E-state index is 14.1. The minimum atomic E-state index is -4.19. The lowest BCUT2D eigenvalue weighted by atomic mass is 10.1. The van der Waals surface area contributed by atoms with Gasteiger partial charge < -0.3 is 15.0 Å². The Bertz CT molecular complexity index is 1480. The summed E-state index contributed by atoms with van der Waals surface area (Å²) in [7, 11) is -2.63. The van der Waals surface area contributed by atoms with E-state index in [1.54, 1.807) is 75.6 Å². The molecule has 41 heavy (non-hydrogen) atoms. The van der Waals surface area contributed by atoms with Gasteiger partial charge in [0.1, 0.15) is 18.3 Å². The molecule has 3 rings (SSSR count). The number of ether oxygens (including phenoxy) is 1. The number of rotatable bonds is 10. The van der Waals surface area contributed by atoms with Crippen LogP contribution in [0.15, 0.2) is 71.6 Å². The summed E-state index contributed by atoms with van der Waals surface area (Å²) < 4.78 is 34.3. The number of sulfonamides is 1. The molecule has 0 bridgehead atoms. The number of hydrogen-bond donors (Lipinski definition) is 1. The lowest BCUT2D eigenvalue weighted by Gasteiger charge is -2.34. The van der Waals surface area contributed by atoms with Crippen LogP contribution in [0.1, 0.15) is 44.4 Å². The number of carbonyl (C=O) groups excluding carboxylic acids is 2. The van der Waals surface area contributed by atoms with Gasteiger partial charge in [-0.05, 0) is 89.1 Å². The van der Waals surface area contributed by atoms with Crippen LogP contribution in [0.4, 0.5) is 5.69 Å². The third-order valence-corrected chi connectivity index (χ3v) is 8.76. The molecule has 0 fully saturated rings. The zero-order valence-corrected chi connectivity index (χ0v) is 26.1. The Kier molecular flexibility index (Phi) is 10.1. The van der Waals surface area contributed by atoms with Crippen LogP contribution in [-0.4, -0.2) is 50.4 Å². The summed E-state index contributed by atoms with van der Waals surface area (Å²) >= 11 is 6.38. The second-order valence-corrected chi connectivity index (χ2v) is 13.3.